The van der Waals surface area contributed by atoms with Crippen molar-refractivity contribution in [3.8, 4) is 44.8 Å². The Morgan fingerprint density at radius 2 is 0.867 bits per heavy atom. The number of benzene rings is 11. The van der Waals surface area contributed by atoms with E-state index in [1.165, 1.54) is 98.1 Å². The minimum absolute atomic E-state index is 0.502. The fourth-order valence-electron chi connectivity index (χ4n) is 12.9. The van der Waals surface area contributed by atoms with Crippen LogP contribution in [0.1, 0.15) is 40.7 Å². The Bertz CT molecular complexity index is 4600. The van der Waals surface area contributed by atoms with E-state index < -0.39 is 5.41 Å². The van der Waals surface area contributed by atoms with Gasteiger partial charge in [0.05, 0.1) is 27.8 Å². The molecule has 0 unspecified atom stereocenters. The highest BCUT2D eigenvalue weighted by Gasteiger charge is 2.46. The summed E-state index contributed by atoms with van der Waals surface area (Å²) in [6.45, 7) is 0. The van der Waals surface area contributed by atoms with E-state index in [2.05, 4.69) is 261 Å². The molecule has 0 N–H and O–H groups in total. The molecule has 0 amide bonds. The molecule has 0 saturated heterocycles. The fourth-order valence-corrected chi connectivity index (χ4v) is 12.9. The first-order valence-corrected chi connectivity index (χ1v) is 26.2. The molecule has 0 bridgehead atoms. The zero-order valence-electron chi connectivity index (χ0n) is 41.2. The molecular formula is C73H48N2. The molecular weight excluding hydrogens is 905 g/mol. The standard InChI is InChI=1S/C73H48N2/c1-4-21-48(22-5-1)67-42-40-49-38-39-50-41-43-68(75-72(50)71(49)74-67)70-60-34-14-12-32-58(60)69(59-33-13-15-35-61(59)70)52-25-18-24-51(44-52)56-36-19-23-47-20-10-11-30-55(47)63-46-66-64(45-62(56)63)57-31-16-17-37-65(57)73(66,53-26-6-2-7-27-53)54-28-8-3-9-29-54/h1-18,20-35,37-46H,19,36H2/b47-23-,62-56+,63-55-. The third kappa shape index (κ3) is 6.73. The molecule has 15 rings (SSSR count). The van der Waals surface area contributed by atoms with E-state index >= 15 is 0 Å². The highest BCUT2D eigenvalue weighted by molar-refractivity contribution is 6.21. The van der Waals surface area contributed by atoms with Gasteiger partial charge >= 0.3 is 0 Å². The molecule has 2 heterocycles. The van der Waals surface area contributed by atoms with Crippen LogP contribution < -0.4 is 10.4 Å². The Balaban J connectivity index is 0.968. The average Bonchev–Trinajstić information content (AvgIpc) is 3.83. The smallest absolute Gasteiger partial charge is 0.0972 e. The maximum atomic E-state index is 5.55. The number of rotatable bonds is 6. The summed E-state index contributed by atoms with van der Waals surface area (Å²) >= 11 is 0. The molecule has 0 fully saturated rings. The van der Waals surface area contributed by atoms with Crippen molar-refractivity contribution < 1.29 is 0 Å². The maximum absolute atomic E-state index is 5.55. The van der Waals surface area contributed by atoms with Gasteiger partial charge in [-0.25, -0.2) is 9.97 Å². The fraction of sp³-hybridized carbons (Fsp3) is 0.0411. The van der Waals surface area contributed by atoms with E-state index in [4.69, 9.17) is 9.97 Å². The Labute approximate surface area is 435 Å². The third-order valence-electron chi connectivity index (χ3n) is 16.2. The number of hydrogen-bond acceptors (Lipinski definition) is 2. The number of pyridine rings is 2. The van der Waals surface area contributed by atoms with Gasteiger partial charge in [-0.1, -0.05) is 237 Å². The van der Waals surface area contributed by atoms with E-state index in [0.29, 0.717) is 0 Å². The quantitative estimate of drug-likeness (QED) is 0.123. The summed E-state index contributed by atoms with van der Waals surface area (Å²) in [6.07, 6.45) is 4.28. The van der Waals surface area contributed by atoms with E-state index in [0.717, 1.165) is 57.2 Å². The first-order valence-electron chi connectivity index (χ1n) is 26.2. The minimum Gasteiger partial charge on any atom is -0.245 e. The predicted octanol–water partition coefficient (Wildman–Crippen LogP) is 16.5. The molecule has 75 heavy (non-hydrogen) atoms. The topological polar surface area (TPSA) is 25.8 Å². The SMILES string of the molecule is C1=c2/cccc/c2=c2\cc3c(c\c2=C(/c2cccc(-c4c5ccccc5c(-c5ccc6ccc7ccc(-c8ccccc8)nc7c6n5)c5ccccc45)c2)CC/1)-c1ccccc1C3(c1ccccc1)c1ccccc1. The summed E-state index contributed by atoms with van der Waals surface area (Å²) in [5, 5.41) is 12.0. The van der Waals surface area contributed by atoms with E-state index in [1.807, 2.05) is 6.07 Å². The van der Waals surface area contributed by atoms with Gasteiger partial charge in [-0.2, -0.15) is 0 Å². The van der Waals surface area contributed by atoms with Gasteiger partial charge in [0.15, 0.2) is 0 Å². The van der Waals surface area contributed by atoms with Crippen molar-refractivity contribution >= 4 is 55.0 Å². The summed E-state index contributed by atoms with van der Waals surface area (Å²) in [7, 11) is 0. The number of nitrogens with zero attached hydrogens (tertiary/aromatic N) is 2. The van der Waals surface area contributed by atoms with Crippen molar-refractivity contribution in [2.24, 2.45) is 0 Å². The van der Waals surface area contributed by atoms with Crippen LogP contribution in [0.3, 0.4) is 0 Å². The monoisotopic (exact) mass is 952 g/mol. The molecule has 0 radical (unpaired) electrons. The van der Waals surface area contributed by atoms with Crippen molar-refractivity contribution in [3.05, 3.63) is 310 Å². The lowest BCUT2D eigenvalue weighted by molar-refractivity contribution is 0.767. The van der Waals surface area contributed by atoms with Crippen LogP contribution >= 0.6 is 0 Å². The van der Waals surface area contributed by atoms with Crippen LogP contribution in [0.25, 0.3) is 99.8 Å². The lowest BCUT2D eigenvalue weighted by Crippen LogP contribution is -2.29. The third-order valence-corrected chi connectivity index (χ3v) is 16.2. The summed E-state index contributed by atoms with van der Waals surface area (Å²) < 4.78 is 0. The van der Waals surface area contributed by atoms with Crippen LogP contribution in [-0.2, 0) is 5.41 Å². The van der Waals surface area contributed by atoms with Gasteiger partial charge in [0, 0.05) is 21.9 Å². The van der Waals surface area contributed by atoms with Gasteiger partial charge < -0.3 is 0 Å². The number of hydrogen-bond donors (Lipinski definition) is 0. The first-order chi connectivity index (χ1) is 37.2. The lowest BCUT2D eigenvalue weighted by atomic mass is 9.67. The zero-order valence-corrected chi connectivity index (χ0v) is 41.2. The highest BCUT2D eigenvalue weighted by Crippen LogP contribution is 2.56. The van der Waals surface area contributed by atoms with Crippen molar-refractivity contribution in [3.63, 3.8) is 0 Å². The summed E-state index contributed by atoms with van der Waals surface area (Å²) in [4.78, 5) is 10.8. The van der Waals surface area contributed by atoms with Gasteiger partial charge in [-0.15, -0.1) is 0 Å². The molecule has 2 aliphatic carbocycles. The molecule has 11 aromatic carbocycles. The number of aromatic nitrogens is 2. The van der Waals surface area contributed by atoms with Gasteiger partial charge in [0.2, 0.25) is 0 Å². The average molecular weight is 953 g/mol. The molecule has 0 atom stereocenters. The van der Waals surface area contributed by atoms with E-state index in [9.17, 15) is 0 Å². The maximum Gasteiger partial charge on any atom is 0.0972 e. The molecule has 2 aliphatic rings. The Morgan fingerprint density at radius 3 is 1.56 bits per heavy atom. The largest absolute Gasteiger partial charge is 0.245 e. The van der Waals surface area contributed by atoms with Crippen LogP contribution in [0.4, 0.5) is 0 Å². The zero-order chi connectivity index (χ0) is 49.5. The molecule has 2 aromatic heterocycles. The molecule has 2 nitrogen and oxygen atoms in total. The van der Waals surface area contributed by atoms with Gasteiger partial charge in [-0.3, -0.25) is 0 Å². The van der Waals surface area contributed by atoms with Crippen molar-refractivity contribution in [1.82, 2.24) is 9.97 Å². The van der Waals surface area contributed by atoms with Crippen molar-refractivity contribution in [1.29, 1.82) is 0 Å². The number of fused-ring (bicyclic) bond motifs is 10. The minimum atomic E-state index is -0.502. The summed E-state index contributed by atoms with van der Waals surface area (Å²) in [5.74, 6) is 0. The van der Waals surface area contributed by atoms with Gasteiger partial charge in [0.1, 0.15) is 0 Å². The van der Waals surface area contributed by atoms with E-state index in [1.54, 1.807) is 0 Å². The second-order valence-corrected chi connectivity index (χ2v) is 20.2. The molecule has 13 aromatic rings. The van der Waals surface area contributed by atoms with Crippen molar-refractivity contribution in [2.45, 2.75) is 18.3 Å². The predicted molar refractivity (Wildman–Crippen MR) is 312 cm³/mol. The second kappa shape index (κ2) is 17.3. The van der Waals surface area contributed by atoms with Crippen LogP contribution in [-0.4, -0.2) is 9.97 Å². The van der Waals surface area contributed by atoms with Crippen LogP contribution in [0, 0.1) is 10.4 Å². The molecule has 2 heteroatoms. The van der Waals surface area contributed by atoms with Gasteiger partial charge in [-0.05, 0) is 141 Å². The Hall–Kier alpha value is -9.50. The molecule has 0 aliphatic heterocycles. The van der Waals surface area contributed by atoms with E-state index in [-0.39, 0.29) is 0 Å². The summed E-state index contributed by atoms with van der Waals surface area (Å²) in [5.41, 5.74) is 18.2. The van der Waals surface area contributed by atoms with Crippen LogP contribution in [0.15, 0.2) is 261 Å². The van der Waals surface area contributed by atoms with Crippen LogP contribution in [0.5, 0.6) is 0 Å². The second-order valence-electron chi connectivity index (χ2n) is 20.2. The molecule has 0 saturated carbocycles. The molecule has 350 valence electrons. The van der Waals surface area contributed by atoms with Crippen molar-refractivity contribution in [2.75, 3.05) is 0 Å². The lowest BCUT2D eigenvalue weighted by Gasteiger charge is -2.34. The Kier molecular flexibility index (Phi) is 9.96. The molecule has 0 spiro atoms. The Morgan fingerprint density at radius 1 is 0.333 bits per heavy atom. The van der Waals surface area contributed by atoms with Gasteiger partial charge in [0.25, 0.3) is 0 Å². The first kappa shape index (κ1) is 43.1. The van der Waals surface area contributed by atoms with Crippen LogP contribution in [0.2, 0.25) is 0 Å². The highest BCUT2D eigenvalue weighted by atomic mass is 14.8. The normalized spacial score (nSPS) is 15.1. The summed E-state index contributed by atoms with van der Waals surface area (Å²) in [6, 6.07) is 96.3.